The van der Waals surface area contributed by atoms with Crippen LogP contribution in [0.2, 0.25) is 5.82 Å². The van der Waals surface area contributed by atoms with Gasteiger partial charge < -0.3 is 0 Å². The molecule has 0 saturated heterocycles. The molecule has 0 aromatic rings. The molecule has 0 nitrogen and oxygen atoms in total. The molecule has 0 rings (SSSR count). The van der Waals surface area contributed by atoms with Crippen molar-refractivity contribution in [1.29, 1.82) is 0 Å². The van der Waals surface area contributed by atoms with Crippen LogP contribution in [0.5, 0.6) is 0 Å². The van der Waals surface area contributed by atoms with E-state index >= 15 is 0 Å². The minimum Gasteiger partial charge on any atom is -0.0838 e. The van der Waals surface area contributed by atoms with E-state index in [1.807, 2.05) is 14.2 Å². The molecule has 0 saturated carbocycles. The topological polar surface area (TPSA) is 0 Å². The molecule has 0 amide bonds. The quantitative estimate of drug-likeness (QED) is 0.419. The van der Waals surface area contributed by atoms with Gasteiger partial charge in [-0.1, -0.05) is 19.7 Å². The SMILES string of the molecule is [B][B][B][B]C(C)C. The van der Waals surface area contributed by atoms with E-state index in [1.54, 1.807) is 7.06 Å². The van der Waals surface area contributed by atoms with E-state index in [1.165, 1.54) is 0 Å². The minimum absolute atomic E-state index is 0.611. The average molecular weight is 86.3 g/mol. The molecule has 0 aliphatic rings. The molecule has 0 spiro atoms. The molecule has 0 aliphatic heterocycles. The Balaban J connectivity index is 2.68. The minimum atomic E-state index is 0.611. The highest BCUT2D eigenvalue weighted by Gasteiger charge is 1.92. The van der Waals surface area contributed by atoms with Crippen LogP contribution in [0.15, 0.2) is 0 Å². The van der Waals surface area contributed by atoms with Crippen LogP contribution in [-0.4, -0.2) is 29.0 Å². The lowest BCUT2D eigenvalue weighted by Gasteiger charge is -1.96. The first kappa shape index (κ1) is 7.26. The third kappa shape index (κ3) is 6.26. The Hall–Kier alpha value is 0.260. The summed E-state index contributed by atoms with van der Waals surface area (Å²) in [4.78, 5) is 0. The monoisotopic (exact) mass is 87.1 g/mol. The second-order valence-corrected chi connectivity index (χ2v) is 1.82. The normalized spacial score (nSPS) is 8.43. The standard InChI is InChI=1S/C3H7B4/c1-3(2)5-7-6-4/h3H,1-2H3. The molecule has 0 unspecified atom stereocenters. The van der Waals surface area contributed by atoms with Gasteiger partial charge in [0.15, 0.2) is 0 Å². The molecule has 5 radical (unpaired) electrons. The van der Waals surface area contributed by atoms with Crippen LogP contribution in [0, 0.1) is 0 Å². The summed E-state index contributed by atoms with van der Waals surface area (Å²) in [5, 5.41) is 0. The summed E-state index contributed by atoms with van der Waals surface area (Å²) in [5.74, 6) is 0.611. The van der Waals surface area contributed by atoms with Crippen LogP contribution in [0.3, 0.4) is 0 Å². The number of rotatable bonds is 3. The first-order chi connectivity index (χ1) is 3.27. The summed E-state index contributed by atoms with van der Waals surface area (Å²) in [6.07, 6.45) is 0. The second kappa shape index (κ2) is 4.42. The molecule has 0 heterocycles. The zero-order valence-corrected chi connectivity index (χ0v) is 4.89. The average Bonchev–Trinajstić information content (AvgIpc) is 1.61. The van der Waals surface area contributed by atoms with Gasteiger partial charge in [0.05, 0.1) is 7.17 Å². The Labute approximate surface area is 49.5 Å². The summed E-state index contributed by atoms with van der Waals surface area (Å²) in [5.41, 5.74) is 0. The zero-order valence-electron chi connectivity index (χ0n) is 4.89. The molecule has 4 heteroatoms. The maximum atomic E-state index is 5.06. The molecule has 31 valence electrons. The van der Waals surface area contributed by atoms with Crippen molar-refractivity contribution >= 4 is 29.0 Å². The fourth-order valence-corrected chi connectivity index (χ4v) is 0.286. The maximum Gasteiger partial charge on any atom is 0.0580 e. The summed E-state index contributed by atoms with van der Waals surface area (Å²) < 4.78 is 0. The van der Waals surface area contributed by atoms with Crippen molar-refractivity contribution in [3.8, 4) is 0 Å². The Morgan fingerprint density at radius 2 is 2.00 bits per heavy atom. The lowest BCUT2D eigenvalue weighted by molar-refractivity contribution is 1.07. The zero-order chi connectivity index (χ0) is 5.70. The molecule has 0 aromatic carbocycles. The van der Waals surface area contributed by atoms with Gasteiger partial charge >= 0.3 is 0 Å². The van der Waals surface area contributed by atoms with Crippen LogP contribution in [-0.2, 0) is 0 Å². The van der Waals surface area contributed by atoms with Crippen LogP contribution >= 0.6 is 0 Å². The Bertz CT molecular complexity index is 35.9. The van der Waals surface area contributed by atoms with E-state index in [0.29, 0.717) is 5.82 Å². The van der Waals surface area contributed by atoms with Crippen LogP contribution in [0.4, 0.5) is 0 Å². The number of hydrogen-bond donors (Lipinski definition) is 0. The van der Waals surface area contributed by atoms with Crippen LogP contribution < -0.4 is 0 Å². The van der Waals surface area contributed by atoms with Crippen molar-refractivity contribution in [3.63, 3.8) is 0 Å². The molecule has 0 bridgehead atoms. The number of hydrogen-bond acceptors (Lipinski definition) is 0. The summed E-state index contributed by atoms with van der Waals surface area (Å²) >= 11 is 0. The third-order valence-electron chi connectivity index (χ3n) is 0.607. The van der Waals surface area contributed by atoms with Crippen molar-refractivity contribution in [2.24, 2.45) is 0 Å². The van der Waals surface area contributed by atoms with Crippen molar-refractivity contribution in [2.75, 3.05) is 0 Å². The molecular formula is C3H7B4. The fourth-order valence-electron chi connectivity index (χ4n) is 0.286. The van der Waals surface area contributed by atoms with Crippen LogP contribution in [0.1, 0.15) is 13.8 Å². The molecule has 0 aromatic heterocycles. The van der Waals surface area contributed by atoms with Gasteiger partial charge in [0.25, 0.3) is 0 Å². The smallest absolute Gasteiger partial charge is 0.0580 e. The van der Waals surface area contributed by atoms with E-state index in [9.17, 15) is 0 Å². The van der Waals surface area contributed by atoms with E-state index in [2.05, 4.69) is 13.8 Å². The van der Waals surface area contributed by atoms with Gasteiger partial charge in [-0.15, -0.1) is 0 Å². The Kier molecular flexibility index (Phi) is 4.58. The molecule has 0 aliphatic carbocycles. The highest BCUT2D eigenvalue weighted by atomic mass is 13.6. The first-order valence-corrected chi connectivity index (χ1v) is 2.49. The maximum absolute atomic E-state index is 5.06. The lowest BCUT2D eigenvalue weighted by Crippen LogP contribution is -2.14. The molecule has 7 heavy (non-hydrogen) atoms. The van der Waals surface area contributed by atoms with Crippen molar-refractivity contribution in [3.05, 3.63) is 0 Å². The molecule has 0 atom stereocenters. The summed E-state index contributed by atoms with van der Waals surface area (Å²) in [6.45, 7) is 4.22. The summed E-state index contributed by atoms with van der Waals surface area (Å²) in [6, 6.07) is 0. The van der Waals surface area contributed by atoms with Crippen molar-refractivity contribution in [1.82, 2.24) is 0 Å². The van der Waals surface area contributed by atoms with Gasteiger partial charge in [0, 0.05) is 21.9 Å². The molecule has 0 fully saturated rings. The third-order valence-corrected chi connectivity index (χ3v) is 0.607. The largest absolute Gasteiger partial charge is 0.0838 e. The van der Waals surface area contributed by atoms with E-state index in [4.69, 9.17) is 7.74 Å². The summed E-state index contributed by atoms with van der Waals surface area (Å²) in [7, 11) is 10.5. The van der Waals surface area contributed by atoms with E-state index < -0.39 is 0 Å². The van der Waals surface area contributed by atoms with E-state index in [0.717, 1.165) is 0 Å². The van der Waals surface area contributed by atoms with Gasteiger partial charge in [0.1, 0.15) is 0 Å². The highest BCUT2D eigenvalue weighted by molar-refractivity contribution is 7.41. The van der Waals surface area contributed by atoms with Crippen molar-refractivity contribution in [2.45, 2.75) is 19.7 Å². The first-order valence-electron chi connectivity index (χ1n) is 2.49. The highest BCUT2D eigenvalue weighted by Crippen LogP contribution is 1.92. The predicted octanol–water partition coefficient (Wildman–Crippen LogP) is -0.159. The molecule has 0 N–H and O–H groups in total. The van der Waals surface area contributed by atoms with Crippen LogP contribution in [0.25, 0.3) is 0 Å². The second-order valence-electron chi connectivity index (χ2n) is 1.82. The lowest BCUT2D eigenvalue weighted by atomic mass is 9.11. The molecular weight excluding hydrogens is 79.3 g/mol. The fraction of sp³-hybridized carbons (Fsp3) is 1.00. The van der Waals surface area contributed by atoms with Gasteiger partial charge in [-0.25, -0.2) is 0 Å². The van der Waals surface area contributed by atoms with Gasteiger partial charge in [-0.05, 0) is 0 Å². The van der Waals surface area contributed by atoms with Gasteiger partial charge in [-0.3, -0.25) is 0 Å². The predicted molar refractivity (Wildman–Crippen MR) is 38.1 cm³/mol. The van der Waals surface area contributed by atoms with Gasteiger partial charge in [0.2, 0.25) is 0 Å². The van der Waals surface area contributed by atoms with Crippen molar-refractivity contribution < 1.29 is 0 Å². The Morgan fingerprint density at radius 3 is 2.14 bits per heavy atom. The van der Waals surface area contributed by atoms with E-state index in [-0.39, 0.29) is 0 Å². The Morgan fingerprint density at radius 1 is 1.43 bits per heavy atom. The van der Waals surface area contributed by atoms with Gasteiger partial charge in [-0.2, -0.15) is 0 Å².